The van der Waals surface area contributed by atoms with Crippen LogP contribution in [0.5, 0.6) is 0 Å². The zero-order valence-electron chi connectivity index (χ0n) is 11.6. The minimum Gasteiger partial charge on any atom is -0.355 e. The molecule has 2 rings (SSSR count). The standard InChI is InChI=1S/C15H21ClN2O/c1-18(2)10-7-14(19)17-11-15(8-9-15)12-5-3-4-6-13(12)16/h3-6H,7-11H2,1-2H3,(H,17,19). The second-order valence-electron chi connectivity index (χ2n) is 5.59. The van der Waals surface area contributed by atoms with E-state index in [-0.39, 0.29) is 11.3 Å². The molecule has 19 heavy (non-hydrogen) atoms. The quantitative estimate of drug-likeness (QED) is 0.868. The fourth-order valence-corrected chi connectivity index (χ4v) is 2.60. The Hall–Kier alpha value is -1.06. The monoisotopic (exact) mass is 280 g/mol. The molecule has 1 amide bonds. The van der Waals surface area contributed by atoms with Crippen molar-refractivity contribution in [1.82, 2.24) is 10.2 Å². The highest BCUT2D eigenvalue weighted by Gasteiger charge is 2.45. The van der Waals surface area contributed by atoms with E-state index >= 15 is 0 Å². The van der Waals surface area contributed by atoms with Gasteiger partial charge in [-0.1, -0.05) is 29.8 Å². The predicted octanol–water partition coefficient (Wildman–Crippen LogP) is 2.44. The van der Waals surface area contributed by atoms with Crippen LogP contribution in [0.3, 0.4) is 0 Å². The van der Waals surface area contributed by atoms with Gasteiger partial charge < -0.3 is 10.2 Å². The third kappa shape index (κ3) is 3.71. The summed E-state index contributed by atoms with van der Waals surface area (Å²) in [5, 5.41) is 3.85. The summed E-state index contributed by atoms with van der Waals surface area (Å²) in [5.41, 5.74) is 1.25. The van der Waals surface area contributed by atoms with Crippen molar-refractivity contribution in [2.75, 3.05) is 27.2 Å². The summed E-state index contributed by atoms with van der Waals surface area (Å²) in [6, 6.07) is 7.94. The Kier molecular flexibility index (Phi) is 4.48. The van der Waals surface area contributed by atoms with Gasteiger partial charge in [0.15, 0.2) is 0 Å². The van der Waals surface area contributed by atoms with Gasteiger partial charge in [-0.05, 0) is 38.6 Å². The van der Waals surface area contributed by atoms with Crippen molar-refractivity contribution in [3.05, 3.63) is 34.9 Å². The summed E-state index contributed by atoms with van der Waals surface area (Å²) >= 11 is 6.25. The molecule has 1 N–H and O–H groups in total. The van der Waals surface area contributed by atoms with Gasteiger partial charge in [0.2, 0.25) is 5.91 Å². The Labute approximate surface area is 119 Å². The third-order valence-corrected chi connectivity index (χ3v) is 4.04. The summed E-state index contributed by atoms with van der Waals surface area (Å²) < 4.78 is 0. The normalized spacial score (nSPS) is 16.4. The molecular formula is C15H21ClN2O. The Morgan fingerprint density at radius 1 is 1.37 bits per heavy atom. The first-order valence-corrected chi connectivity index (χ1v) is 7.08. The zero-order valence-corrected chi connectivity index (χ0v) is 12.3. The summed E-state index contributed by atoms with van der Waals surface area (Å²) in [5.74, 6) is 0.118. The molecule has 0 radical (unpaired) electrons. The molecule has 0 atom stereocenters. The molecule has 1 aliphatic carbocycles. The highest BCUT2D eigenvalue weighted by atomic mass is 35.5. The van der Waals surface area contributed by atoms with E-state index in [1.807, 2.05) is 37.2 Å². The Morgan fingerprint density at radius 2 is 2.05 bits per heavy atom. The lowest BCUT2D eigenvalue weighted by atomic mass is 9.96. The zero-order chi connectivity index (χ0) is 13.9. The van der Waals surface area contributed by atoms with Crippen molar-refractivity contribution in [2.24, 2.45) is 0 Å². The summed E-state index contributed by atoms with van der Waals surface area (Å²) in [6.45, 7) is 1.48. The van der Waals surface area contributed by atoms with Gasteiger partial charge in [0.05, 0.1) is 0 Å². The van der Waals surface area contributed by atoms with Gasteiger partial charge in [-0.15, -0.1) is 0 Å². The topological polar surface area (TPSA) is 32.3 Å². The van der Waals surface area contributed by atoms with Crippen LogP contribution < -0.4 is 5.32 Å². The molecule has 104 valence electrons. The molecule has 0 heterocycles. The van der Waals surface area contributed by atoms with Gasteiger partial charge >= 0.3 is 0 Å². The fraction of sp³-hybridized carbons (Fsp3) is 0.533. The molecule has 1 aromatic rings. The minimum absolute atomic E-state index is 0.0755. The maximum atomic E-state index is 11.8. The predicted molar refractivity (Wildman–Crippen MR) is 78.5 cm³/mol. The average molecular weight is 281 g/mol. The van der Waals surface area contributed by atoms with Crippen molar-refractivity contribution in [1.29, 1.82) is 0 Å². The maximum absolute atomic E-state index is 11.8. The van der Waals surface area contributed by atoms with Gasteiger partial charge in [0, 0.05) is 29.9 Å². The molecule has 0 aliphatic heterocycles. The van der Waals surface area contributed by atoms with Crippen LogP contribution in [-0.4, -0.2) is 38.0 Å². The lowest BCUT2D eigenvalue weighted by molar-refractivity contribution is -0.121. The van der Waals surface area contributed by atoms with Crippen LogP contribution in [0.25, 0.3) is 0 Å². The second kappa shape index (κ2) is 5.93. The molecule has 0 saturated heterocycles. The number of nitrogens with zero attached hydrogens (tertiary/aromatic N) is 1. The molecule has 0 spiro atoms. The molecule has 1 aromatic carbocycles. The van der Waals surface area contributed by atoms with Crippen LogP contribution in [-0.2, 0) is 10.2 Å². The number of hydrogen-bond donors (Lipinski definition) is 1. The van der Waals surface area contributed by atoms with E-state index < -0.39 is 0 Å². The summed E-state index contributed by atoms with van der Waals surface area (Å²) in [7, 11) is 3.94. The highest BCUT2D eigenvalue weighted by Crippen LogP contribution is 2.49. The number of hydrogen-bond acceptors (Lipinski definition) is 2. The summed E-state index contributed by atoms with van der Waals surface area (Å²) in [6.07, 6.45) is 2.75. The average Bonchev–Trinajstić information content (AvgIpc) is 3.15. The number of benzene rings is 1. The van der Waals surface area contributed by atoms with Crippen LogP contribution in [0.4, 0.5) is 0 Å². The summed E-state index contributed by atoms with van der Waals surface area (Å²) in [4.78, 5) is 13.8. The smallest absolute Gasteiger partial charge is 0.221 e. The fourth-order valence-electron chi connectivity index (χ4n) is 2.26. The van der Waals surface area contributed by atoms with Crippen LogP contribution >= 0.6 is 11.6 Å². The van der Waals surface area contributed by atoms with Crippen molar-refractivity contribution in [2.45, 2.75) is 24.7 Å². The van der Waals surface area contributed by atoms with Gasteiger partial charge in [-0.2, -0.15) is 0 Å². The molecule has 3 nitrogen and oxygen atoms in total. The second-order valence-corrected chi connectivity index (χ2v) is 6.00. The van der Waals surface area contributed by atoms with E-state index in [4.69, 9.17) is 11.6 Å². The van der Waals surface area contributed by atoms with E-state index in [1.165, 1.54) is 5.56 Å². The van der Waals surface area contributed by atoms with E-state index in [1.54, 1.807) is 0 Å². The number of carbonyl (C=O) groups is 1. The number of halogens is 1. The molecule has 0 bridgehead atoms. The van der Waals surface area contributed by atoms with Crippen LogP contribution in [0.1, 0.15) is 24.8 Å². The lowest BCUT2D eigenvalue weighted by Gasteiger charge is -2.18. The van der Waals surface area contributed by atoms with Crippen molar-refractivity contribution < 1.29 is 4.79 Å². The van der Waals surface area contributed by atoms with E-state index in [2.05, 4.69) is 11.4 Å². The molecule has 1 fully saturated rings. The molecular weight excluding hydrogens is 260 g/mol. The first kappa shape index (κ1) is 14.4. The number of nitrogens with one attached hydrogen (secondary N) is 1. The van der Waals surface area contributed by atoms with Crippen molar-refractivity contribution in [3.8, 4) is 0 Å². The largest absolute Gasteiger partial charge is 0.355 e. The first-order valence-electron chi connectivity index (χ1n) is 6.70. The first-order chi connectivity index (χ1) is 9.03. The Balaban J connectivity index is 1.89. The molecule has 0 aromatic heterocycles. The number of carbonyl (C=O) groups excluding carboxylic acids is 1. The molecule has 4 heteroatoms. The van der Waals surface area contributed by atoms with E-state index in [9.17, 15) is 4.79 Å². The number of amides is 1. The maximum Gasteiger partial charge on any atom is 0.221 e. The van der Waals surface area contributed by atoms with Gasteiger partial charge in [0.1, 0.15) is 0 Å². The van der Waals surface area contributed by atoms with Crippen molar-refractivity contribution >= 4 is 17.5 Å². The van der Waals surface area contributed by atoms with Gasteiger partial charge in [0.25, 0.3) is 0 Å². The van der Waals surface area contributed by atoms with Crippen LogP contribution in [0, 0.1) is 0 Å². The van der Waals surface area contributed by atoms with Gasteiger partial charge in [-0.25, -0.2) is 0 Å². The third-order valence-electron chi connectivity index (χ3n) is 3.71. The minimum atomic E-state index is 0.0755. The van der Waals surface area contributed by atoms with E-state index in [0.717, 1.165) is 24.4 Å². The van der Waals surface area contributed by atoms with Crippen LogP contribution in [0.2, 0.25) is 5.02 Å². The lowest BCUT2D eigenvalue weighted by Crippen LogP contribution is -2.34. The van der Waals surface area contributed by atoms with Crippen molar-refractivity contribution in [3.63, 3.8) is 0 Å². The molecule has 0 unspecified atom stereocenters. The highest BCUT2D eigenvalue weighted by molar-refractivity contribution is 6.31. The van der Waals surface area contributed by atoms with Crippen LogP contribution in [0.15, 0.2) is 24.3 Å². The van der Waals surface area contributed by atoms with E-state index in [0.29, 0.717) is 13.0 Å². The molecule has 1 aliphatic rings. The molecule has 1 saturated carbocycles. The number of rotatable bonds is 6. The van der Waals surface area contributed by atoms with Gasteiger partial charge in [-0.3, -0.25) is 4.79 Å². The Morgan fingerprint density at radius 3 is 2.63 bits per heavy atom. The Bertz CT molecular complexity index is 455. The SMILES string of the molecule is CN(C)CCC(=O)NCC1(c2ccccc2Cl)CC1.